The molecule has 4 rings (SSSR count). The number of rotatable bonds is 9. The van der Waals surface area contributed by atoms with Crippen LogP contribution in [0.3, 0.4) is 0 Å². The molecule has 1 aliphatic rings. The smallest absolute Gasteiger partial charge is 0.319 e. The highest BCUT2D eigenvalue weighted by Crippen LogP contribution is 2.24. The number of nitrogens with one attached hydrogen (secondary N) is 2. The second kappa shape index (κ2) is 11.4. The molecule has 2 amide bonds. The van der Waals surface area contributed by atoms with E-state index in [9.17, 15) is 13.2 Å². The fourth-order valence-electron chi connectivity index (χ4n) is 4.70. The number of para-hydroxylation sites is 1. The number of fused-ring (bicyclic) bond motifs is 1. The summed E-state index contributed by atoms with van der Waals surface area (Å²) in [6.07, 6.45) is 2.73. The van der Waals surface area contributed by atoms with Crippen molar-refractivity contribution in [1.82, 2.24) is 19.5 Å². The maximum Gasteiger partial charge on any atom is 0.319 e. The Labute approximate surface area is 213 Å². The number of anilines is 1. The van der Waals surface area contributed by atoms with Crippen LogP contribution in [-0.2, 0) is 16.4 Å². The van der Waals surface area contributed by atoms with Gasteiger partial charge in [-0.15, -0.1) is 0 Å². The van der Waals surface area contributed by atoms with Crippen molar-refractivity contribution in [3.63, 3.8) is 0 Å². The number of aryl methyl sites for hydroxylation is 2. The van der Waals surface area contributed by atoms with Crippen molar-refractivity contribution in [2.75, 3.05) is 38.5 Å². The third-order valence-electron chi connectivity index (χ3n) is 6.71. The summed E-state index contributed by atoms with van der Waals surface area (Å²) in [6.45, 7) is 6.56. The summed E-state index contributed by atoms with van der Waals surface area (Å²) in [5, 5.41) is 6.74. The van der Waals surface area contributed by atoms with Gasteiger partial charge in [0, 0.05) is 43.8 Å². The number of urea groups is 1. The molecule has 0 radical (unpaired) electrons. The van der Waals surface area contributed by atoms with E-state index >= 15 is 0 Å². The molecule has 192 valence electrons. The second-order valence-corrected chi connectivity index (χ2v) is 11.4. The lowest BCUT2D eigenvalue weighted by molar-refractivity contribution is 0.248. The van der Waals surface area contributed by atoms with Crippen molar-refractivity contribution >= 4 is 32.6 Å². The average molecular weight is 510 g/mol. The molecule has 3 aromatic rings. The van der Waals surface area contributed by atoms with Crippen LogP contribution in [0.2, 0.25) is 0 Å². The molecule has 2 aromatic carbocycles. The summed E-state index contributed by atoms with van der Waals surface area (Å²) < 4.78 is 27.8. The molecule has 1 unspecified atom stereocenters. The number of nitrogens with zero attached hydrogens (tertiary/aromatic N) is 3. The van der Waals surface area contributed by atoms with Crippen LogP contribution in [0, 0.1) is 6.92 Å². The van der Waals surface area contributed by atoms with Gasteiger partial charge in [0.25, 0.3) is 0 Å². The predicted octanol–water partition coefficient (Wildman–Crippen LogP) is 4.01. The summed E-state index contributed by atoms with van der Waals surface area (Å²) in [5.74, 6) is 0. The van der Waals surface area contributed by atoms with Gasteiger partial charge in [-0.3, -0.25) is 9.88 Å². The molecule has 1 fully saturated rings. The minimum absolute atomic E-state index is 0.0923. The number of sulfonamides is 1. The van der Waals surface area contributed by atoms with Crippen LogP contribution in [0.4, 0.5) is 10.5 Å². The molecule has 0 spiro atoms. The third-order valence-corrected chi connectivity index (χ3v) is 8.63. The van der Waals surface area contributed by atoms with Gasteiger partial charge in [0.05, 0.1) is 16.1 Å². The van der Waals surface area contributed by atoms with Crippen molar-refractivity contribution in [1.29, 1.82) is 0 Å². The Bertz CT molecular complexity index is 1310. The largest absolute Gasteiger partial charge is 0.337 e. The first kappa shape index (κ1) is 26.1. The summed E-state index contributed by atoms with van der Waals surface area (Å²) >= 11 is 0. The first-order valence-corrected chi connectivity index (χ1v) is 13.9. The van der Waals surface area contributed by atoms with Gasteiger partial charge in [-0.25, -0.2) is 13.2 Å². The van der Waals surface area contributed by atoms with E-state index < -0.39 is 10.0 Å². The van der Waals surface area contributed by atoms with Crippen molar-refractivity contribution < 1.29 is 13.2 Å². The standard InChI is InChI=1S/C27H35N5O3S/c1-4-7-21-10-12-23(13-11-21)36(34,35)31(3)22-14-16-32(19-22)17-15-28-27(33)30-26-18-20(2)29-25-9-6-5-8-24(25)26/h5-6,8-13,18,22H,4,7,14-17,19H2,1-3H3,(H2,28,29,30,33). The lowest BCUT2D eigenvalue weighted by atomic mass is 10.1. The fraction of sp³-hybridized carbons (Fsp3) is 0.407. The highest BCUT2D eigenvalue weighted by molar-refractivity contribution is 7.89. The van der Waals surface area contributed by atoms with Gasteiger partial charge in [-0.2, -0.15) is 4.31 Å². The van der Waals surface area contributed by atoms with Gasteiger partial charge in [-0.05, 0) is 56.1 Å². The highest BCUT2D eigenvalue weighted by atomic mass is 32.2. The number of aromatic nitrogens is 1. The van der Waals surface area contributed by atoms with Gasteiger partial charge in [0.2, 0.25) is 10.0 Å². The Morgan fingerprint density at radius 2 is 1.92 bits per heavy atom. The summed E-state index contributed by atoms with van der Waals surface area (Å²) in [6, 6.07) is 16.4. The minimum atomic E-state index is -3.55. The minimum Gasteiger partial charge on any atom is -0.337 e. The third kappa shape index (κ3) is 6.03. The zero-order valence-electron chi connectivity index (χ0n) is 21.2. The van der Waals surface area contributed by atoms with Crippen LogP contribution in [0.1, 0.15) is 31.0 Å². The van der Waals surface area contributed by atoms with E-state index in [1.807, 2.05) is 49.4 Å². The SMILES string of the molecule is CCCc1ccc(S(=O)(=O)N(C)C2CCN(CCNC(=O)Nc3cc(C)nc4ccccc34)C2)cc1. The summed E-state index contributed by atoms with van der Waals surface area (Å²) in [4.78, 5) is 19.5. The topological polar surface area (TPSA) is 94.6 Å². The van der Waals surface area contributed by atoms with E-state index in [0.717, 1.165) is 53.7 Å². The van der Waals surface area contributed by atoms with Crippen molar-refractivity contribution in [2.24, 2.45) is 0 Å². The molecule has 36 heavy (non-hydrogen) atoms. The monoisotopic (exact) mass is 509 g/mol. The number of benzene rings is 2. The zero-order chi connectivity index (χ0) is 25.7. The van der Waals surface area contributed by atoms with Gasteiger partial charge >= 0.3 is 6.03 Å². The van der Waals surface area contributed by atoms with Crippen LogP contribution in [-0.4, -0.2) is 67.9 Å². The molecule has 0 aliphatic carbocycles. The fourth-order valence-corrected chi connectivity index (χ4v) is 6.07. The molecule has 1 aliphatic heterocycles. The van der Waals surface area contributed by atoms with Crippen LogP contribution in [0.5, 0.6) is 0 Å². The molecule has 1 aromatic heterocycles. The summed E-state index contributed by atoms with van der Waals surface area (Å²) in [7, 11) is -1.88. The second-order valence-electron chi connectivity index (χ2n) is 9.37. The number of amides is 2. The Hall–Kier alpha value is -3.01. The van der Waals surface area contributed by atoms with Crippen LogP contribution >= 0.6 is 0 Å². The Morgan fingerprint density at radius 1 is 1.17 bits per heavy atom. The average Bonchev–Trinajstić information content (AvgIpc) is 3.32. The molecular weight excluding hydrogens is 474 g/mol. The van der Waals surface area contributed by atoms with Crippen molar-refractivity contribution in [3.8, 4) is 0 Å². The van der Waals surface area contributed by atoms with E-state index in [1.54, 1.807) is 19.2 Å². The van der Waals surface area contributed by atoms with Crippen LogP contribution < -0.4 is 10.6 Å². The lowest BCUT2D eigenvalue weighted by Gasteiger charge is -2.24. The van der Waals surface area contributed by atoms with Crippen LogP contribution in [0.15, 0.2) is 59.5 Å². The number of carbonyl (C=O) groups is 1. The number of likely N-dealkylation sites (N-methyl/N-ethyl adjacent to an activating group) is 1. The van der Waals surface area contributed by atoms with Gasteiger partial charge in [0.15, 0.2) is 0 Å². The van der Waals surface area contributed by atoms with Gasteiger partial charge in [0.1, 0.15) is 0 Å². The Morgan fingerprint density at radius 3 is 2.67 bits per heavy atom. The van der Waals surface area contributed by atoms with Crippen LogP contribution in [0.25, 0.3) is 10.9 Å². The van der Waals surface area contributed by atoms with Gasteiger partial charge in [-0.1, -0.05) is 43.7 Å². The molecule has 0 saturated carbocycles. The first-order valence-electron chi connectivity index (χ1n) is 12.5. The zero-order valence-corrected chi connectivity index (χ0v) is 22.0. The van der Waals surface area contributed by atoms with Crippen molar-refractivity contribution in [2.45, 2.75) is 44.0 Å². The van der Waals surface area contributed by atoms with Gasteiger partial charge < -0.3 is 10.6 Å². The number of hydrogen-bond acceptors (Lipinski definition) is 5. The van der Waals surface area contributed by atoms with E-state index in [4.69, 9.17) is 0 Å². The highest BCUT2D eigenvalue weighted by Gasteiger charge is 2.33. The molecule has 1 atom stereocenters. The molecule has 9 heteroatoms. The first-order chi connectivity index (χ1) is 17.3. The maximum absolute atomic E-state index is 13.1. The molecule has 1 saturated heterocycles. The number of carbonyl (C=O) groups excluding carboxylic acids is 1. The Kier molecular flexibility index (Phi) is 8.23. The van der Waals surface area contributed by atoms with E-state index in [-0.39, 0.29) is 12.1 Å². The molecule has 8 nitrogen and oxygen atoms in total. The number of pyridine rings is 1. The normalized spacial score (nSPS) is 16.5. The molecule has 2 heterocycles. The van der Waals surface area contributed by atoms with E-state index in [2.05, 4.69) is 27.4 Å². The number of hydrogen-bond donors (Lipinski definition) is 2. The maximum atomic E-state index is 13.1. The van der Waals surface area contributed by atoms with E-state index in [0.29, 0.717) is 24.5 Å². The Balaban J connectivity index is 1.27. The lowest BCUT2D eigenvalue weighted by Crippen LogP contribution is -2.40. The van der Waals surface area contributed by atoms with E-state index in [1.165, 1.54) is 4.31 Å². The quantitative estimate of drug-likeness (QED) is 0.455. The number of likely N-dealkylation sites (tertiary alicyclic amines) is 1. The molecular formula is C27H35N5O3S. The summed E-state index contributed by atoms with van der Waals surface area (Å²) in [5.41, 5.74) is 3.55. The van der Waals surface area contributed by atoms with Crippen molar-refractivity contribution in [3.05, 3.63) is 65.9 Å². The molecule has 2 N–H and O–H groups in total. The molecule has 0 bridgehead atoms. The predicted molar refractivity (Wildman–Crippen MR) is 144 cm³/mol.